The summed E-state index contributed by atoms with van der Waals surface area (Å²) >= 11 is 0. The maximum Gasteiger partial charge on any atom is 0.0350 e. The lowest BCUT2D eigenvalue weighted by Crippen LogP contribution is -1.90. The van der Waals surface area contributed by atoms with Crippen molar-refractivity contribution in [3.8, 4) is 23.5 Å². The summed E-state index contributed by atoms with van der Waals surface area (Å²) in [6.45, 7) is 4.16. The number of terminal acetylenes is 1. The molecule has 2 aromatic carbocycles. The van der Waals surface area contributed by atoms with Crippen LogP contribution in [0.15, 0.2) is 42.5 Å². The zero-order chi connectivity index (χ0) is 11.5. The van der Waals surface area contributed by atoms with E-state index in [9.17, 15) is 0 Å². The lowest BCUT2D eigenvalue weighted by Gasteiger charge is -2.09. The number of hydrogen-bond acceptors (Lipinski definition) is 0. The standard InChI is InChI=1S/C16H14/c1-4-15-13(3)10-12(2)11-16(15)14-8-6-5-7-9-14/h1,5-11H,2-3H3. The number of aryl methyl sites for hydroxylation is 2. The van der Waals surface area contributed by atoms with Crippen LogP contribution in [-0.4, -0.2) is 0 Å². The fraction of sp³-hybridized carbons (Fsp3) is 0.125. The molecule has 0 aromatic heterocycles. The van der Waals surface area contributed by atoms with E-state index in [0.717, 1.165) is 11.1 Å². The molecule has 0 aliphatic carbocycles. The van der Waals surface area contributed by atoms with E-state index in [1.54, 1.807) is 0 Å². The second-order valence-corrected chi connectivity index (χ2v) is 4.01. The molecule has 0 saturated carbocycles. The Morgan fingerprint density at radius 3 is 2.31 bits per heavy atom. The summed E-state index contributed by atoms with van der Waals surface area (Å²) in [6, 6.07) is 14.5. The predicted octanol–water partition coefficient (Wildman–Crippen LogP) is 3.95. The van der Waals surface area contributed by atoms with Gasteiger partial charge in [-0.05, 0) is 30.5 Å². The third-order valence-electron chi connectivity index (χ3n) is 2.71. The average molecular weight is 206 g/mol. The zero-order valence-corrected chi connectivity index (χ0v) is 9.62. The van der Waals surface area contributed by atoms with Gasteiger partial charge in [0.2, 0.25) is 0 Å². The molecule has 0 heteroatoms. The van der Waals surface area contributed by atoms with E-state index < -0.39 is 0 Å². The van der Waals surface area contributed by atoms with E-state index >= 15 is 0 Å². The highest BCUT2D eigenvalue weighted by Crippen LogP contribution is 2.26. The molecule has 0 bridgehead atoms. The van der Waals surface area contributed by atoms with E-state index in [2.05, 4.69) is 44.0 Å². The van der Waals surface area contributed by atoms with Gasteiger partial charge in [0.25, 0.3) is 0 Å². The van der Waals surface area contributed by atoms with Gasteiger partial charge in [-0.2, -0.15) is 0 Å². The van der Waals surface area contributed by atoms with Gasteiger partial charge in [-0.15, -0.1) is 6.42 Å². The Labute approximate surface area is 96.9 Å². The Balaban J connectivity index is 2.70. The van der Waals surface area contributed by atoms with Crippen LogP contribution in [0.25, 0.3) is 11.1 Å². The van der Waals surface area contributed by atoms with E-state index in [1.807, 2.05) is 18.2 Å². The van der Waals surface area contributed by atoms with Gasteiger partial charge in [-0.1, -0.05) is 53.9 Å². The predicted molar refractivity (Wildman–Crippen MR) is 69.3 cm³/mol. The first-order valence-corrected chi connectivity index (χ1v) is 5.35. The lowest BCUT2D eigenvalue weighted by atomic mass is 9.94. The van der Waals surface area contributed by atoms with Crippen molar-refractivity contribution in [2.24, 2.45) is 0 Å². The third-order valence-corrected chi connectivity index (χ3v) is 2.71. The van der Waals surface area contributed by atoms with Gasteiger partial charge in [-0.25, -0.2) is 0 Å². The fourth-order valence-electron chi connectivity index (χ4n) is 2.00. The summed E-state index contributed by atoms with van der Waals surface area (Å²) in [4.78, 5) is 0. The Morgan fingerprint density at radius 1 is 1.00 bits per heavy atom. The van der Waals surface area contributed by atoms with Crippen LogP contribution in [0.4, 0.5) is 0 Å². The zero-order valence-electron chi connectivity index (χ0n) is 9.62. The maximum atomic E-state index is 5.59. The molecule has 0 radical (unpaired) electrons. The summed E-state index contributed by atoms with van der Waals surface area (Å²) in [5.41, 5.74) is 5.75. The third kappa shape index (κ3) is 1.85. The fourth-order valence-corrected chi connectivity index (χ4v) is 2.00. The van der Waals surface area contributed by atoms with Crippen LogP contribution in [-0.2, 0) is 0 Å². The van der Waals surface area contributed by atoms with Crippen molar-refractivity contribution in [2.45, 2.75) is 13.8 Å². The van der Waals surface area contributed by atoms with E-state index in [-0.39, 0.29) is 0 Å². The van der Waals surface area contributed by atoms with Crippen molar-refractivity contribution in [2.75, 3.05) is 0 Å². The average Bonchev–Trinajstić information content (AvgIpc) is 2.29. The molecule has 78 valence electrons. The summed E-state index contributed by atoms with van der Waals surface area (Å²) in [7, 11) is 0. The monoisotopic (exact) mass is 206 g/mol. The molecule has 2 rings (SSSR count). The number of rotatable bonds is 1. The van der Waals surface area contributed by atoms with Crippen LogP contribution in [0.5, 0.6) is 0 Å². The van der Waals surface area contributed by atoms with Gasteiger partial charge >= 0.3 is 0 Å². The van der Waals surface area contributed by atoms with E-state index in [1.165, 1.54) is 16.7 Å². The van der Waals surface area contributed by atoms with Crippen LogP contribution in [0.2, 0.25) is 0 Å². The molecule has 0 spiro atoms. The van der Waals surface area contributed by atoms with Crippen LogP contribution in [0.3, 0.4) is 0 Å². The topological polar surface area (TPSA) is 0 Å². The smallest absolute Gasteiger partial charge is 0.0350 e. The molecule has 0 aliphatic rings. The largest absolute Gasteiger partial charge is 0.115 e. The normalized spacial score (nSPS) is 9.81. The van der Waals surface area contributed by atoms with Crippen LogP contribution in [0.1, 0.15) is 16.7 Å². The molecule has 0 aliphatic heterocycles. The van der Waals surface area contributed by atoms with Gasteiger partial charge in [0.15, 0.2) is 0 Å². The first-order chi connectivity index (χ1) is 7.72. The van der Waals surface area contributed by atoms with Gasteiger partial charge in [0, 0.05) is 5.56 Å². The Morgan fingerprint density at radius 2 is 1.69 bits per heavy atom. The molecular formula is C16H14. The highest BCUT2D eigenvalue weighted by molar-refractivity contribution is 5.73. The summed E-state index contributed by atoms with van der Waals surface area (Å²) < 4.78 is 0. The Hall–Kier alpha value is -2.00. The molecule has 0 fully saturated rings. The summed E-state index contributed by atoms with van der Waals surface area (Å²) in [5.74, 6) is 2.79. The van der Waals surface area contributed by atoms with E-state index in [0.29, 0.717) is 0 Å². The first-order valence-electron chi connectivity index (χ1n) is 5.35. The summed E-state index contributed by atoms with van der Waals surface area (Å²) in [6.07, 6.45) is 5.59. The highest BCUT2D eigenvalue weighted by Gasteiger charge is 2.06. The Kier molecular flexibility index (Phi) is 2.79. The SMILES string of the molecule is C#Cc1c(C)cc(C)cc1-c1ccccc1. The Bertz CT molecular complexity index is 542. The van der Waals surface area contributed by atoms with Crippen LogP contribution >= 0.6 is 0 Å². The van der Waals surface area contributed by atoms with Crippen molar-refractivity contribution >= 4 is 0 Å². The maximum absolute atomic E-state index is 5.59. The van der Waals surface area contributed by atoms with Crippen LogP contribution in [0, 0.1) is 26.2 Å². The van der Waals surface area contributed by atoms with E-state index in [4.69, 9.17) is 6.42 Å². The highest BCUT2D eigenvalue weighted by atomic mass is 14.1. The van der Waals surface area contributed by atoms with Gasteiger partial charge in [-0.3, -0.25) is 0 Å². The second-order valence-electron chi connectivity index (χ2n) is 4.01. The van der Waals surface area contributed by atoms with Crippen molar-refractivity contribution < 1.29 is 0 Å². The molecule has 0 N–H and O–H groups in total. The van der Waals surface area contributed by atoms with Crippen molar-refractivity contribution in [1.29, 1.82) is 0 Å². The van der Waals surface area contributed by atoms with Gasteiger partial charge < -0.3 is 0 Å². The van der Waals surface area contributed by atoms with Crippen LogP contribution < -0.4 is 0 Å². The number of hydrogen-bond donors (Lipinski definition) is 0. The lowest BCUT2D eigenvalue weighted by molar-refractivity contribution is 1.36. The quantitative estimate of drug-likeness (QED) is 0.620. The van der Waals surface area contributed by atoms with Crippen molar-refractivity contribution in [3.63, 3.8) is 0 Å². The molecule has 0 amide bonds. The minimum absolute atomic E-state index is 0.997. The minimum atomic E-state index is 0.997. The molecule has 0 atom stereocenters. The number of benzene rings is 2. The molecule has 0 nitrogen and oxygen atoms in total. The van der Waals surface area contributed by atoms with Gasteiger partial charge in [0.05, 0.1) is 0 Å². The second kappa shape index (κ2) is 4.24. The summed E-state index contributed by atoms with van der Waals surface area (Å²) in [5, 5.41) is 0. The molecule has 0 heterocycles. The molecule has 2 aromatic rings. The molecule has 16 heavy (non-hydrogen) atoms. The van der Waals surface area contributed by atoms with Crippen molar-refractivity contribution in [1.82, 2.24) is 0 Å². The molecule has 0 unspecified atom stereocenters. The minimum Gasteiger partial charge on any atom is -0.115 e. The van der Waals surface area contributed by atoms with Crippen molar-refractivity contribution in [3.05, 3.63) is 59.2 Å². The van der Waals surface area contributed by atoms with Gasteiger partial charge in [0.1, 0.15) is 0 Å². The first kappa shape index (κ1) is 10.5. The molecular weight excluding hydrogens is 192 g/mol. The molecule has 0 saturated heterocycles.